The fourth-order valence-electron chi connectivity index (χ4n) is 2.91. The summed E-state index contributed by atoms with van der Waals surface area (Å²) < 4.78 is 5.30. The predicted octanol–water partition coefficient (Wildman–Crippen LogP) is 1.25. The highest BCUT2D eigenvalue weighted by atomic mass is 16.5. The van der Waals surface area contributed by atoms with Crippen LogP contribution < -0.4 is 10.5 Å². The maximum atomic E-state index is 11.5. The van der Waals surface area contributed by atoms with Gasteiger partial charge in [0.25, 0.3) is 0 Å². The molecule has 2 N–H and O–H groups in total. The largest absolute Gasteiger partial charge is 0.497 e. The van der Waals surface area contributed by atoms with Gasteiger partial charge >= 0.3 is 0 Å². The molecule has 0 aliphatic carbocycles. The Morgan fingerprint density at radius 1 is 1.33 bits per heavy atom. The van der Waals surface area contributed by atoms with Gasteiger partial charge in [0.2, 0.25) is 5.91 Å². The maximum absolute atomic E-state index is 11.5. The van der Waals surface area contributed by atoms with Gasteiger partial charge in [-0.1, -0.05) is 12.1 Å². The molecule has 0 bridgehead atoms. The third kappa shape index (κ3) is 3.95. The summed E-state index contributed by atoms with van der Waals surface area (Å²) in [6.07, 6.45) is 0.986. The van der Waals surface area contributed by atoms with Crippen LogP contribution in [0.25, 0.3) is 0 Å². The summed E-state index contributed by atoms with van der Waals surface area (Å²) in [5, 5.41) is 0. The lowest BCUT2D eigenvalue weighted by Gasteiger charge is -2.30. The molecule has 1 fully saturated rings. The van der Waals surface area contributed by atoms with Gasteiger partial charge in [-0.15, -0.1) is 0 Å². The Morgan fingerprint density at radius 2 is 2.14 bits per heavy atom. The fourth-order valence-corrected chi connectivity index (χ4v) is 2.91. The van der Waals surface area contributed by atoms with Gasteiger partial charge in [-0.25, -0.2) is 0 Å². The quantitative estimate of drug-likeness (QED) is 0.907. The molecular weight excluding hydrogens is 266 g/mol. The summed E-state index contributed by atoms with van der Waals surface area (Å²) in [6, 6.07) is 8.25. The summed E-state index contributed by atoms with van der Waals surface area (Å²) in [7, 11) is 1.67. The highest BCUT2D eigenvalue weighted by molar-refractivity contribution is 5.73. The Hall–Kier alpha value is -1.59. The number of nitrogens with two attached hydrogens (primary N) is 1. The number of hydrogen-bond acceptors (Lipinski definition) is 4. The smallest absolute Gasteiger partial charge is 0.219 e. The summed E-state index contributed by atoms with van der Waals surface area (Å²) in [5.41, 5.74) is 7.18. The molecule has 1 aromatic rings. The first-order chi connectivity index (χ1) is 10.2. The molecular formula is C16H25N3O2. The zero-order valence-electron chi connectivity index (χ0n) is 12.9. The predicted molar refractivity (Wildman–Crippen MR) is 83.2 cm³/mol. The Balaban J connectivity index is 2.11. The van der Waals surface area contributed by atoms with Crippen LogP contribution in [0.5, 0.6) is 5.75 Å². The Kier molecular flexibility index (Phi) is 5.59. The van der Waals surface area contributed by atoms with Crippen molar-refractivity contribution in [2.24, 2.45) is 5.73 Å². The van der Waals surface area contributed by atoms with Gasteiger partial charge in [0, 0.05) is 45.7 Å². The van der Waals surface area contributed by atoms with Crippen LogP contribution in [-0.2, 0) is 4.79 Å². The van der Waals surface area contributed by atoms with Crippen LogP contribution >= 0.6 is 0 Å². The van der Waals surface area contributed by atoms with Crippen molar-refractivity contribution in [3.63, 3.8) is 0 Å². The summed E-state index contributed by atoms with van der Waals surface area (Å²) in [4.78, 5) is 15.8. The van der Waals surface area contributed by atoms with Gasteiger partial charge in [-0.05, 0) is 24.1 Å². The number of amides is 1. The molecule has 21 heavy (non-hydrogen) atoms. The van der Waals surface area contributed by atoms with E-state index in [-0.39, 0.29) is 11.9 Å². The molecule has 0 radical (unpaired) electrons. The number of rotatable bonds is 4. The summed E-state index contributed by atoms with van der Waals surface area (Å²) in [6.45, 7) is 5.63. The molecule has 5 heteroatoms. The molecule has 0 spiro atoms. The number of carbonyl (C=O) groups is 1. The van der Waals surface area contributed by atoms with Gasteiger partial charge in [0.05, 0.1) is 7.11 Å². The zero-order chi connectivity index (χ0) is 15.2. The first-order valence-electron chi connectivity index (χ1n) is 7.49. The zero-order valence-corrected chi connectivity index (χ0v) is 12.9. The normalized spacial score (nSPS) is 18.1. The second-order valence-electron chi connectivity index (χ2n) is 5.42. The van der Waals surface area contributed by atoms with E-state index in [1.165, 1.54) is 5.56 Å². The molecule has 1 unspecified atom stereocenters. The number of nitrogens with zero attached hydrogens (tertiary/aromatic N) is 2. The topological polar surface area (TPSA) is 58.8 Å². The van der Waals surface area contributed by atoms with Crippen LogP contribution in [0.2, 0.25) is 0 Å². The van der Waals surface area contributed by atoms with Crippen molar-refractivity contribution in [3.8, 4) is 5.75 Å². The average molecular weight is 291 g/mol. The van der Waals surface area contributed by atoms with Gasteiger partial charge in [0.15, 0.2) is 0 Å². The number of carbonyl (C=O) groups excluding carboxylic acids is 1. The lowest BCUT2D eigenvalue weighted by molar-refractivity contribution is -0.128. The van der Waals surface area contributed by atoms with Gasteiger partial charge in [0.1, 0.15) is 5.75 Å². The van der Waals surface area contributed by atoms with Crippen molar-refractivity contribution >= 4 is 5.91 Å². The van der Waals surface area contributed by atoms with Crippen molar-refractivity contribution in [1.82, 2.24) is 9.80 Å². The lowest BCUT2D eigenvalue weighted by atomic mass is 10.0. The summed E-state index contributed by atoms with van der Waals surface area (Å²) in [5.74, 6) is 1.01. The third-order valence-corrected chi connectivity index (χ3v) is 4.12. The van der Waals surface area contributed by atoms with E-state index in [0.29, 0.717) is 6.54 Å². The van der Waals surface area contributed by atoms with Crippen LogP contribution in [0.3, 0.4) is 0 Å². The number of benzene rings is 1. The highest BCUT2D eigenvalue weighted by Gasteiger charge is 2.23. The minimum Gasteiger partial charge on any atom is -0.497 e. The third-order valence-electron chi connectivity index (χ3n) is 4.12. The van der Waals surface area contributed by atoms with Crippen LogP contribution in [-0.4, -0.2) is 55.5 Å². The van der Waals surface area contributed by atoms with Crippen molar-refractivity contribution in [1.29, 1.82) is 0 Å². The van der Waals surface area contributed by atoms with E-state index in [1.807, 2.05) is 23.1 Å². The van der Waals surface area contributed by atoms with E-state index >= 15 is 0 Å². The minimum atomic E-state index is 0.155. The molecule has 1 aromatic carbocycles. The molecule has 1 saturated heterocycles. The van der Waals surface area contributed by atoms with E-state index in [4.69, 9.17) is 10.5 Å². The maximum Gasteiger partial charge on any atom is 0.219 e. The van der Waals surface area contributed by atoms with E-state index in [2.05, 4.69) is 11.0 Å². The Bertz CT molecular complexity index is 478. The first-order valence-corrected chi connectivity index (χ1v) is 7.49. The van der Waals surface area contributed by atoms with Crippen LogP contribution in [0.4, 0.5) is 0 Å². The van der Waals surface area contributed by atoms with E-state index in [1.54, 1.807) is 14.0 Å². The van der Waals surface area contributed by atoms with Crippen molar-refractivity contribution in [3.05, 3.63) is 29.8 Å². The Morgan fingerprint density at radius 3 is 2.81 bits per heavy atom. The number of ether oxygens (including phenoxy) is 1. The van der Waals surface area contributed by atoms with Crippen LogP contribution in [0.15, 0.2) is 24.3 Å². The number of methoxy groups -OCH3 is 1. The van der Waals surface area contributed by atoms with Gasteiger partial charge < -0.3 is 15.4 Å². The first kappa shape index (κ1) is 15.8. The molecule has 1 atom stereocenters. The Labute approximate surface area is 126 Å². The monoisotopic (exact) mass is 291 g/mol. The molecule has 0 saturated carbocycles. The molecule has 1 amide bonds. The highest BCUT2D eigenvalue weighted by Crippen LogP contribution is 2.24. The second-order valence-corrected chi connectivity index (χ2v) is 5.42. The van der Waals surface area contributed by atoms with Crippen molar-refractivity contribution in [2.45, 2.75) is 19.4 Å². The molecule has 5 nitrogen and oxygen atoms in total. The van der Waals surface area contributed by atoms with Crippen molar-refractivity contribution < 1.29 is 9.53 Å². The van der Waals surface area contributed by atoms with Crippen LogP contribution in [0.1, 0.15) is 24.9 Å². The SMILES string of the molecule is COc1cccc(C(CN)N2CCCN(C(C)=O)CC2)c1. The van der Waals surface area contributed by atoms with Crippen molar-refractivity contribution in [2.75, 3.05) is 39.8 Å². The molecule has 116 valence electrons. The second kappa shape index (κ2) is 7.43. The average Bonchev–Trinajstić information content (AvgIpc) is 2.74. The molecule has 2 rings (SSSR count). The lowest BCUT2D eigenvalue weighted by Crippen LogP contribution is -2.37. The summed E-state index contributed by atoms with van der Waals surface area (Å²) >= 11 is 0. The van der Waals surface area contributed by atoms with Gasteiger partial charge in [-0.2, -0.15) is 0 Å². The van der Waals surface area contributed by atoms with E-state index < -0.39 is 0 Å². The van der Waals surface area contributed by atoms with Crippen LogP contribution in [0, 0.1) is 0 Å². The standard InChI is InChI=1S/C16H25N3O2/c1-13(20)18-7-4-8-19(10-9-18)16(12-17)14-5-3-6-15(11-14)21-2/h3,5-6,11,16H,4,7-10,12,17H2,1-2H3. The van der Waals surface area contributed by atoms with E-state index in [9.17, 15) is 4.79 Å². The molecule has 0 aromatic heterocycles. The van der Waals surface area contributed by atoms with E-state index in [0.717, 1.165) is 38.3 Å². The molecule has 1 aliphatic heterocycles. The number of hydrogen-bond donors (Lipinski definition) is 1. The molecule has 1 heterocycles. The fraction of sp³-hybridized carbons (Fsp3) is 0.562. The molecule has 1 aliphatic rings. The minimum absolute atomic E-state index is 0.155. The van der Waals surface area contributed by atoms with Gasteiger partial charge in [-0.3, -0.25) is 9.69 Å².